The van der Waals surface area contributed by atoms with E-state index < -0.39 is 0 Å². The first-order valence-corrected chi connectivity index (χ1v) is 9.18. The first-order valence-electron chi connectivity index (χ1n) is 9.18. The fourth-order valence-electron chi connectivity index (χ4n) is 3.97. The third-order valence-electron chi connectivity index (χ3n) is 5.38. The minimum Gasteiger partial charge on any atom is -0.399 e. The quantitative estimate of drug-likeness (QED) is 0.680. The van der Waals surface area contributed by atoms with Crippen LogP contribution in [0.1, 0.15) is 68.1 Å². The van der Waals surface area contributed by atoms with Crippen molar-refractivity contribution in [3.05, 3.63) is 65.2 Å². The van der Waals surface area contributed by atoms with Crippen LogP contribution in [0.15, 0.2) is 48.5 Å². The lowest BCUT2D eigenvalue weighted by atomic mass is 9.77. The van der Waals surface area contributed by atoms with Gasteiger partial charge in [0.25, 0.3) is 0 Å². The second kappa shape index (κ2) is 7.68. The maximum atomic E-state index is 5.75. The Morgan fingerprint density at radius 2 is 1.39 bits per heavy atom. The molecule has 3 rings (SSSR count). The monoisotopic (exact) mass is 307 g/mol. The van der Waals surface area contributed by atoms with E-state index in [-0.39, 0.29) is 0 Å². The minimum absolute atomic E-state index is 0.786. The number of nitrogen functional groups attached to an aromatic ring is 1. The molecule has 0 unspecified atom stereocenters. The van der Waals surface area contributed by atoms with E-state index >= 15 is 0 Å². The average Bonchev–Trinajstić information content (AvgIpc) is 2.59. The van der Waals surface area contributed by atoms with E-state index in [1.807, 2.05) is 12.1 Å². The molecule has 1 aliphatic rings. The predicted octanol–water partition coefficient (Wildman–Crippen LogP) is 5.93. The summed E-state index contributed by atoms with van der Waals surface area (Å²) in [5.74, 6) is 1.77. The predicted molar refractivity (Wildman–Crippen MR) is 99.7 cm³/mol. The van der Waals surface area contributed by atoms with Crippen LogP contribution in [0, 0.1) is 5.92 Å². The Morgan fingerprint density at radius 1 is 0.826 bits per heavy atom. The van der Waals surface area contributed by atoms with E-state index in [1.54, 1.807) is 5.56 Å². The van der Waals surface area contributed by atoms with Gasteiger partial charge in [0.2, 0.25) is 0 Å². The molecule has 2 aromatic carbocycles. The van der Waals surface area contributed by atoms with E-state index in [2.05, 4.69) is 43.3 Å². The SMILES string of the molecule is CCCC1CCC(c2ccc(Cc3ccc(N)cc3)cc2)CC1. The first kappa shape index (κ1) is 16.1. The van der Waals surface area contributed by atoms with Crippen LogP contribution in [0.4, 0.5) is 5.69 Å². The largest absolute Gasteiger partial charge is 0.399 e. The summed E-state index contributed by atoms with van der Waals surface area (Å²) < 4.78 is 0. The van der Waals surface area contributed by atoms with Crippen LogP contribution >= 0.6 is 0 Å². The minimum atomic E-state index is 0.786. The molecule has 0 bridgehead atoms. The van der Waals surface area contributed by atoms with Crippen molar-refractivity contribution in [1.29, 1.82) is 0 Å². The Morgan fingerprint density at radius 3 is 1.96 bits per heavy atom. The van der Waals surface area contributed by atoms with Crippen LogP contribution in [-0.4, -0.2) is 0 Å². The molecule has 2 aromatic rings. The molecule has 0 aromatic heterocycles. The fraction of sp³-hybridized carbons (Fsp3) is 0.455. The molecule has 2 N–H and O–H groups in total. The summed E-state index contributed by atoms with van der Waals surface area (Å²) in [7, 11) is 0. The molecule has 23 heavy (non-hydrogen) atoms. The van der Waals surface area contributed by atoms with E-state index in [0.717, 1.165) is 23.9 Å². The maximum Gasteiger partial charge on any atom is 0.0314 e. The Balaban J connectivity index is 1.58. The number of anilines is 1. The second-order valence-electron chi connectivity index (χ2n) is 7.17. The van der Waals surface area contributed by atoms with Gasteiger partial charge in [0, 0.05) is 5.69 Å². The van der Waals surface area contributed by atoms with Crippen molar-refractivity contribution in [1.82, 2.24) is 0 Å². The average molecular weight is 307 g/mol. The van der Waals surface area contributed by atoms with Gasteiger partial charge in [-0.1, -0.05) is 56.2 Å². The zero-order valence-electron chi connectivity index (χ0n) is 14.3. The molecule has 1 saturated carbocycles. The zero-order chi connectivity index (χ0) is 16.1. The summed E-state index contributed by atoms with van der Waals surface area (Å²) in [6.45, 7) is 2.31. The maximum absolute atomic E-state index is 5.75. The molecule has 0 aliphatic heterocycles. The van der Waals surface area contributed by atoms with Crippen LogP contribution in [0.5, 0.6) is 0 Å². The molecule has 0 heterocycles. The highest BCUT2D eigenvalue weighted by Crippen LogP contribution is 2.37. The topological polar surface area (TPSA) is 26.0 Å². The summed E-state index contributed by atoms with van der Waals surface area (Å²) >= 11 is 0. The highest BCUT2D eigenvalue weighted by Gasteiger charge is 2.21. The van der Waals surface area contributed by atoms with E-state index in [4.69, 9.17) is 5.73 Å². The Kier molecular flexibility index (Phi) is 5.38. The van der Waals surface area contributed by atoms with Crippen molar-refractivity contribution in [3.8, 4) is 0 Å². The summed E-state index contributed by atoms with van der Waals surface area (Å²) in [6, 6.07) is 17.6. The van der Waals surface area contributed by atoms with Crippen LogP contribution in [0.25, 0.3) is 0 Å². The summed E-state index contributed by atoms with van der Waals surface area (Å²) in [4.78, 5) is 0. The lowest BCUT2D eigenvalue weighted by Gasteiger charge is -2.28. The van der Waals surface area contributed by atoms with Gasteiger partial charge in [-0.05, 0) is 72.8 Å². The smallest absolute Gasteiger partial charge is 0.0314 e. The Bertz CT molecular complexity index is 589. The molecule has 0 radical (unpaired) electrons. The van der Waals surface area contributed by atoms with Crippen LogP contribution in [0.3, 0.4) is 0 Å². The van der Waals surface area contributed by atoms with Crippen LogP contribution in [-0.2, 0) is 6.42 Å². The fourth-order valence-corrected chi connectivity index (χ4v) is 3.97. The molecule has 0 amide bonds. The van der Waals surface area contributed by atoms with Crippen molar-refractivity contribution < 1.29 is 0 Å². The number of rotatable bonds is 5. The number of hydrogen-bond acceptors (Lipinski definition) is 1. The molecule has 1 aliphatic carbocycles. The van der Waals surface area contributed by atoms with Gasteiger partial charge < -0.3 is 5.73 Å². The van der Waals surface area contributed by atoms with Gasteiger partial charge in [-0.25, -0.2) is 0 Å². The molecule has 1 nitrogen and oxygen atoms in total. The molecule has 0 atom stereocenters. The highest BCUT2D eigenvalue weighted by atomic mass is 14.5. The zero-order valence-corrected chi connectivity index (χ0v) is 14.3. The van der Waals surface area contributed by atoms with Gasteiger partial charge in [-0.3, -0.25) is 0 Å². The highest BCUT2D eigenvalue weighted by molar-refractivity contribution is 5.40. The van der Waals surface area contributed by atoms with E-state index in [9.17, 15) is 0 Å². The first-order chi connectivity index (χ1) is 11.2. The van der Waals surface area contributed by atoms with Gasteiger partial charge in [0.15, 0.2) is 0 Å². The Labute approximate surface area is 140 Å². The van der Waals surface area contributed by atoms with E-state index in [0.29, 0.717) is 0 Å². The summed E-state index contributed by atoms with van der Waals surface area (Å²) in [6.07, 6.45) is 9.35. The molecule has 1 fully saturated rings. The second-order valence-corrected chi connectivity index (χ2v) is 7.17. The molecule has 0 spiro atoms. The molecule has 1 heteroatoms. The van der Waals surface area contributed by atoms with Crippen molar-refractivity contribution >= 4 is 5.69 Å². The van der Waals surface area contributed by atoms with Crippen molar-refractivity contribution in [2.24, 2.45) is 5.92 Å². The molecule has 122 valence electrons. The van der Waals surface area contributed by atoms with Crippen molar-refractivity contribution in [2.45, 2.75) is 57.8 Å². The standard InChI is InChI=1S/C22H29N/c1-2-3-17-4-10-20(11-5-17)21-12-6-18(7-13-21)16-19-8-14-22(23)15-9-19/h6-9,12-15,17,20H,2-5,10-11,16,23H2,1H3. The number of nitrogens with two attached hydrogens (primary N) is 1. The number of hydrogen-bond donors (Lipinski definition) is 1. The van der Waals surface area contributed by atoms with Gasteiger partial charge in [-0.15, -0.1) is 0 Å². The van der Waals surface area contributed by atoms with Crippen molar-refractivity contribution in [3.63, 3.8) is 0 Å². The molecular weight excluding hydrogens is 278 g/mol. The van der Waals surface area contributed by atoms with Crippen LogP contribution in [0.2, 0.25) is 0 Å². The normalized spacial score (nSPS) is 21.3. The summed E-state index contributed by atoms with van der Waals surface area (Å²) in [5.41, 5.74) is 10.8. The van der Waals surface area contributed by atoms with Crippen LogP contribution < -0.4 is 5.73 Å². The summed E-state index contributed by atoms with van der Waals surface area (Å²) in [5, 5.41) is 0. The van der Waals surface area contributed by atoms with Gasteiger partial charge in [0.05, 0.1) is 0 Å². The third-order valence-corrected chi connectivity index (χ3v) is 5.38. The number of benzene rings is 2. The van der Waals surface area contributed by atoms with E-state index in [1.165, 1.54) is 49.7 Å². The Hall–Kier alpha value is -1.76. The molecular formula is C22H29N. The third kappa shape index (κ3) is 4.37. The lowest BCUT2D eigenvalue weighted by Crippen LogP contribution is -2.13. The van der Waals surface area contributed by atoms with Gasteiger partial charge in [-0.2, -0.15) is 0 Å². The van der Waals surface area contributed by atoms with Gasteiger partial charge >= 0.3 is 0 Å². The van der Waals surface area contributed by atoms with Gasteiger partial charge in [0.1, 0.15) is 0 Å². The lowest BCUT2D eigenvalue weighted by molar-refractivity contribution is 0.308. The molecule has 0 saturated heterocycles. The van der Waals surface area contributed by atoms with Crippen molar-refractivity contribution in [2.75, 3.05) is 5.73 Å².